The molecule has 5 heteroatoms. The number of carbonyl (C=O) groups excluding carboxylic acids is 1. The molecular weight excluding hydrogens is 200 g/mol. The van der Waals surface area contributed by atoms with Crippen molar-refractivity contribution >= 4 is 23.7 Å². The fraction of sp³-hybridized carbons (Fsp3) is 0.222. The highest BCUT2D eigenvalue weighted by atomic mass is 32.2. The first kappa shape index (κ1) is 9.21. The van der Waals surface area contributed by atoms with Crippen molar-refractivity contribution in [2.24, 2.45) is 0 Å². The van der Waals surface area contributed by atoms with E-state index in [0.29, 0.717) is 6.54 Å². The summed E-state index contributed by atoms with van der Waals surface area (Å²) in [5.74, 6) is 0.234. The molecule has 1 aliphatic heterocycles. The van der Waals surface area contributed by atoms with Gasteiger partial charge in [-0.15, -0.1) is 0 Å². The van der Waals surface area contributed by atoms with Crippen molar-refractivity contribution in [2.45, 2.75) is 6.92 Å². The third-order valence-electron chi connectivity index (χ3n) is 2.04. The van der Waals surface area contributed by atoms with Gasteiger partial charge in [-0.1, -0.05) is 6.07 Å². The van der Waals surface area contributed by atoms with Crippen LogP contribution >= 0.6 is 12.1 Å². The molecule has 0 saturated carbocycles. The maximum Gasteiger partial charge on any atom is 0.251 e. The molecule has 0 unspecified atom stereocenters. The van der Waals surface area contributed by atoms with Gasteiger partial charge in [0.25, 0.3) is 5.91 Å². The van der Waals surface area contributed by atoms with Crippen LogP contribution in [0.4, 0.5) is 5.69 Å². The smallest absolute Gasteiger partial charge is 0.251 e. The summed E-state index contributed by atoms with van der Waals surface area (Å²) in [5, 5.41) is 9.49. The summed E-state index contributed by atoms with van der Waals surface area (Å²) in [4.78, 5) is 10.9. The van der Waals surface area contributed by atoms with Crippen LogP contribution in [-0.2, 0) is 4.79 Å². The van der Waals surface area contributed by atoms with Crippen LogP contribution in [-0.4, -0.2) is 17.6 Å². The number of nitrogens with zero attached hydrogens (tertiary/aromatic N) is 1. The lowest BCUT2D eigenvalue weighted by atomic mass is 10.2. The minimum absolute atomic E-state index is 0.0185. The molecule has 2 N–H and O–H groups in total. The van der Waals surface area contributed by atoms with Crippen molar-refractivity contribution in [1.29, 1.82) is 0 Å². The second-order valence-electron chi connectivity index (χ2n) is 3.12. The van der Waals surface area contributed by atoms with Crippen LogP contribution in [0.15, 0.2) is 18.2 Å². The summed E-state index contributed by atoms with van der Waals surface area (Å²) >= 11 is 1.24. The molecule has 1 amide bonds. The predicted octanol–water partition coefficient (Wildman–Crippen LogP) is 1.20. The number of hydrogen-bond acceptors (Lipinski definition) is 4. The minimum Gasteiger partial charge on any atom is -0.508 e. The Morgan fingerprint density at radius 2 is 2.36 bits per heavy atom. The van der Waals surface area contributed by atoms with Crippen LogP contribution in [0.5, 0.6) is 5.75 Å². The Kier molecular flexibility index (Phi) is 2.25. The van der Waals surface area contributed by atoms with Gasteiger partial charge in [-0.25, -0.2) is 0 Å². The lowest BCUT2D eigenvalue weighted by molar-refractivity contribution is -0.117. The van der Waals surface area contributed by atoms with Gasteiger partial charge in [0.05, 0.1) is 17.8 Å². The summed E-state index contributed by atoms with van der Waals surface area (Å²) in [6.07, 6.45) is 0. The molecule has 1 saturated heterocycles. The number of benzene rings is 1. The predicted molar refractivity (Wildman–Crippen MR) is 55.9 cm³/mol. The average Bonchev–Trinajstić information content (AvgIpc) is 2.57. The van der Waals surface area contributed by atoms with Crippen molar-refractivity contribution in [3.05, 3.63) is 23.8 Å². The number of anilines is 1. The molecule has 1 aliphatic rings. The Hall–Kier alpha value is -1.36. The number of aryl methyl sites for hydroxylation is 1. The number of phenolic OH excluding ortho intramolecular Hbond substituents is 1. The van der Waals surface area contributed by atoms with Crippen LogP contribution in [0.25, 0.3) is 0 Å². The minimum atomic E-state index is -0.0185. The second kappa shape index (κ2) is 3.42. The number of carbonyl (C=O) groups is 1. The summed E-state index contributed by atoms with van der Waals surface area (Å²) < 4.78 is 4.42. The van der Waals surface area contributed by atoms with Crippen LogP contribution < -0.4 is 9.03 Å². The highest BCUT2D eigenvalue weighted by Crippen LogP contribution is 2.28. The van der Waals surface area contributed by atoms with Crippen molar-refractivity contribution in [3.8, 4) is 5.75 Å². The fourth-order valence-electron chi connectivity index (χ4n) is 1.20. The molecule has 1 heterocycles. The largest absolute Gasteiger partial charge is 0.508 e. The molecule has 0 aromatic heterocycles. The van der Waals surface area contributed by atoms with E-state index in [9.17, 15) is 9.90 Å². The van der Waals surface area contributed by atoms with Gasteiger partial charge in [-0.05, 0) is 18.6 Å². The van der Waals surface area contributed by atoms with E-state index >= 15 is 0 Å². The van der Waals surface area contributed by atoms with Gasteiger partial charge >= 0.3 is 0 Å². The Balaban J connectivity index is 2.24. The van der Waals surface area contributed by atoms with E-state index in [2.05, 4.69) is 4.72 Å². The molecule has 1 aromatic rings. The molecular formula is C9H10N2O2S. The van der Waals surface area contributed by atoms with Gasteiger partial charge in [-0.2, -0.15) is 0 Å². The normalized spacial score (nSPS) is 15.8. The maximum absolute atomic E-state index is 10.9. The van der Waals surface area contributed by atoms with Crippen molar-refractivity contribution < 1.29 is 9.90 Å². The van der Waals surface area contributed by atoms with E-state index in [1.807, 2.05) is 19.1 Å². The van der Waals surface area contributed by atoms with Crippen LogP contribution in [0.2, 0.25) is 0 Å². The Bertz CT molecular complexity index is 381. The molecule has 74 valence electrons. The molecule has 0 spiro atoms. The van der Waals surface area contributed by atoms with Gasteiger partial charge in [0.2, 0.25) is 0 Å². The molecule has 0 bridgehead atoms. The number of nitrogens with one attached hydrogen (secondary N) is 1. The van der Waals surface area contributed by atoms with E-state index in [4.69, 9.17) is 0 Å². The van der Waals surface area contributed by atoms with Crippen LogP contribution in [0, 0.1) is 6.92 Å². The maximum atomic E-state index is 10.9. The highest BCUT2D eigenvalue weighted by molar-refractivity contribution is 7.99. The SMILES string of the molecule is Cc1ccc(N2CC(=O)NS2)cc1O. The van der Waals surface area contributed by atoms with Gasteiger partial charge in [-0.3, -0.25) is 13.8 Å². The molecule has 1 aromatic carbocycles. The van der Waals surface area contributed by atoms with Gasteiger partial charge < -0.3 is 5.11 Å². The highest BCUT2D eigenvalue weighted by Gasteiger charge is 2.20. The number of hydrogen-bond donors (Lipinski definition) is 2. The first-order valence-electron chi connectivity index (χ1n) is 4.20. The topological polar surface area (TPSA) is 52.6 Å². The number of aromatic hydroxyl groups is 1. The Morgan fingerprint density at radius 1 is 1.57 bits per heavy atom. The molecule has 2 rings (SSSR count). The van der Waals surface area contributed by atoms with Crippen molar-refractivity contribution in [2.75, 3.05) is 10.8 Å². The number of phenols is 1. The lowest BCUT2D eigenvalue weighted by Gasteiger charge is -2.13. The van der Waals surface area contributed by atoms with E-state index < -0.39 is 0 Å². The number of rotatable bonds is 1. The first-order chi connectivity index (χ1) is 6.66. The quantitative estimate of drug-likeness (QED) is 0.684. The van der Waals surface area contributed by atoms with E-state index in [1.54, 1.807) is 10.4 Å². The third kappa shape index (κ3) is 1.63. The lowest BCUT2D eigenvalue weighted by Crippen LogP contribution is -2.15. The van der Waals surface area contributed by atoms with Crippen molar-refractivity contribution in [3.63, 3.8) is 0 Å². The van der Waals surface area contributed by atoms with E-state index in [1.165, 1.54) is 12.1 Å². The monoisotopic (exact) mass is 210 g/mol. The van der Waals surface area contributed by atoms with Crippen LogP contribution in [0.3, 0.4) is 0 Å². The Morgan fingerprint density at radius 3 is 2.93 bits per heavy atom. The zero-order valence-electron chi connectivity index (χ0n) is 7.65. The molecule has 0 atom stereocenters. The second-order valence-corrected chi connectivity index (χ2v) is 3.95. The van der Waals surface area contributed by atoms with Gasteiger partial charge in [0, 0.05) is 6.07 Å². The fourth-order valence-corrected chi connectivity index (χ4v) is 1.88. The third-order valence-corrected chi connectivity index (χ3v) is 2.92. The number of amides is 1. The summed E-state index contributed by atoms with van der Waals surface area (Å²) in [6.45, 7) is 2.16. The molecule has 0 aliphatic carbocycles. The summed E-state index contributed by atoms with van der Waals surface area (Å²) in [7, 11) is 0. The zero-order valence-corrected chi connectivity index (χ0v) is 8.47. The molecule has 4 nitrogen and oxygen atoms in total. The van der Waals surface area contributed by atoms with E-state index in [-0.39, 0.29) is 11.7 Å². The Labute approximate surface area is 86.2 Å². The summed E-state index contributed by atoms with van der Waals surface area (Å²) in [6, 6.07) is 5.36. The zero-order chi connectivity index (χ0) is 10.1. The molecule has 14 heavy (non-hydrogen) atoms. The van der Waals surface area contributed by atoms with Gasteiger partial charge in [0.15, 0.2) is 0 Å². The molecule has 1 fully saturated rings. The summed E-state index contributed by atoms with van der Waals surface area (Å²) in [5.41, 5.74) is 1.66. The molecule has 0 radical (unpaired) electrons. The first-order valence-corrected chi connectivity index (χ1v) is 4.97. The van der Waals surface area contributed by atoms with Crippen LogP contribution in [0.1, 0.15) is 5.56 Å². The van der Waals surface area contributed by atoms with Gasteiger partial charge in [0.1, 0.15) is 12.3 Å². The van der Waals surface area contributed by atoms with E-state index in [0.717, 1.165) is 11.3 Å². The average molecular weight is 210 g/mol. The standard InChI is InChI=1S/C9H10N2O2S/c1-6-2-3-7(4-8(6)12)11-5-9(13)10-14-11/h2-4,12H,5H2,1H3,(H,10,13). The van der Waals surface area contributed by atoms with Crippen molar-refractivity contribution in [1.82, 2.24) is 4.72 Å².